The van der Waals surface area contributed by atoms with Crippen molar-refractivity contribution < 1.29 is 19.4 Å². The minimum atomic E-state index is -0.944. The summed E-state index contributed by atoms with van der Waals surface area (Å²) in [6.45, 7) is 1.72. The molecule has 108 valence electrons. The number of amides is 1. The van der Waals surface area contributed by atoms with E-state index in [1.807, 2.05) is 0 Å². The second-order valence-electron chi connectivity index (χ2n) is 5.11. The van der Waals surface area contributed by atoms with Crippen LogP contribution in [0.4, 0.5) is 0 Å². The lowest BCUT2D eigenvalue weighted by atomic mass is 10.0. The van der Waals surface area contributed by atoms with Crippen molar-refractivity contribution in [2.45, 2.75) is 19.4 Å². The molecule has 0 bridgehead atoms. The molecule has 1 unspecified atom stereocenters. The Labute approximate surface area is 118 Å². The highest BCUT2D eigenvalue weighted by molar-refractivity contribution is 5.87. The largest absolute Gasteiger partial charge is 0.478 e. The summed E-state index contributed by atoms with van der Waals surface area (Å²) in [6, 6.07) is 6.59. The summed E-state index contributed by atoms with van der Waals surface area (Å²) < 4.78 is 5.33. The average Bonchev–Trinajstić information content (AvgIpc) is 2.48. The van der Waals surface area contributed by atoms with Gasteiger partial charge in [0.05, 0.1) is 18.1 Å². The fourth-order valence-electron chi connectivity index (χ4n) is 2.35. The Hall–Kier alpha value is -1.88. The monoisotopic (exact) mass is 277 g/mol. The zero-order chi connectivity index (χ0) is 14.5. The van der Waals surface area contributed by atoms with E-state index in [0.717, 1.165) is 25.0 Å². The summed E-state index contributed by atoms with van der Waals surface area (Å²) in [5.74, 6) is -0.903. The molecule has 1 atom stereocenters. The van der Waals surface area contributed by atoms with Gasteiger partial charge >= 0.3 is 5.97 Å². The van der Waals surface area contributed by atoms with Gasteiger partial charge in [-0.15, -0.1) is 0 Å². The van der Waals surface area contributed by atoms with E-state index < -0.39 is 5.97 Å². The summed E-state index contributed by atoms with van der Waals surface area (Å²) in [6.07, 6.45) is 1.80. The molecule has 1 fully saturated rings. The van der Waals surface area contributed by atoms with E-state index in [1.54, 1.807) is 36.2 Å². The quantitative estimate of drug-likeness (QED) is 0.910. The third-order valence-corrected chi connectivity index (χ3v) is 3.51. The molecule has 20 heavy (non-hydrogen) atoms. The molecule has 1 N–H and O–H groups in total. The molecule has 2 rings (SSSR count). The molecule has 1 heterocycles. The smallest absolute Gasteiger partial charge is 0.335 e. The molecule has 0 saturated carbocycles. The van der Waals surface area contributed by atoms with Gasteiger partial charge < -0.3 is 14.7 Å². The van der Waals surface area contributed by atoms with Crippen LogP contribution >= 0.6 is 0 Å². The van der Waals surface area contributed by atoms with Gasteiger partial charge in [0.1, 0.15) is 0 Å². The molecule has 1 aromatic carbocycles. The molecular formula is C15H19NO4. The number of carboxylic acids is 1. The summed E-state index contributed by atoms with van der Waals surface area (Å²) in [4.78, 5) is 24.7. The molecule has 1 aliphatic heterocycles. The van der Waals surface area contributed by atoms with Gasteiger partial charge in [-0.2, -0.15) is 0 Å². The van der Waals surface area contributed by atoms with Crippen LogP contribution in [0.15, 0.2) is 24.3 Å². The SMILES string of the molecule is CN(Cc1ccc(C(=O)O)cc1)C(=O)C1CCCOC1. The topological polar surface area (TPSA) is 66.8 Å². The number of aromatic carboxylic acids is 1. The van der Waals surface area contributed by atoms with E-state index in [4.69, 9.17) is 9.84 Å². The lowest BCUT2D eigenvalue weighted by Gasteiger charge is -2.26. The minimum absolute atomic E-state index is 0.0490. The van der Waals surface area contributed by atoms with E-state index in [0.29, 0.717) is 13.2 Å². The van der Waals surface area contributed by atoms with Crippen LogP contribution in [0.5, 0.6) is 0 Å². The number of ether oxygens (including phenoxy) is 1. The zero-order valence-corrected chi connectivity index (χ0v) is 11.5. The lowest BCUT2D eigenvalue weighted by Crippen LogP contribution is -2.36. The third kappa shape index (κ3) is 3.57. The van der Waals surface area contributed by atoms with Crippen molar-refractivity contribution in [1.82, 2.24) is 4.90 Å². The van der Waals surface area contributed by atoms with Gasteiger partial charge in [-0.3, -0.25) is 4.79 Å². The molecule has 0 spiro atoms. The standard InChI is InChI=1S/C15H19NO4/c1-16(14(17)13-3-2-8-20-10-13)9-11-4-6-12(7-5-11)15(18)19/h4-7,13H,2-3,8-10H2,1H3,(H,18,19). The van der Waals surface area contributed by atoms with Crippen LogP contribution in [0.25, 0.3) is 0 Å². The van der Waals surface area contributed by atoms with Crippen molar-refractivity contribution in [3.63, 3.8) is 0 Å². The molecule has 5 heteroatoms. The normalized spacial score (nSPS) is 18.6. The molecule has 1 amide bonds. The van der Waals surface area contributed by atoms with E-state index in [2.05, 4.69) is 0 Å². The number of rotatable bonds is 4. The summed E-state index contributed by atoms with van der Waals surface area (Å²) in [5, 5.41) is 8.84. The fraction of sp³-hybridized carbons (Fsp3) is 0.467. The van der Waals surface area contributed by atoms with Crippen molar-refractivity contribution in [3.8, 4) is 0 Å². The van der Waals surface area contributed by atoms with Crippen LogP contribution in [-0.2, 0) is 16.1 Å². The average molecular weight is 277 g/mol. The predicted molar refractivity (Wildman–Crippen MR) is 73.4 cm³/mol. The highest BCUT2D eigenvalue weighted by Crippen LogP contribution is 2.17. The molecular weight excluding hydrogens is 258 g/mol. The molecule has 5 nitrogen and oxygen atoms in total. The minimum Gasteiger partial charge on any atom is -0.478 e. The zero-order valence-electron chi connectivity index (χ0n) is 11.5. The van der Waals surface area contributed by atoms with Crippen LogP contribution in [0, 0.1) is 5.92 Å². The Morgan fingerprint density at radius 1 is 1.35 bits per heavy atom. The number of carbonyl (C=O) groups excluding carboxylic acids is 1. The van der Waals surface area contributed by atoms with Crippen LogP contribution in [0.2, 0.25) is 0 Å². The van der Waals surface area contributed by atoms with Gasteiger partial charge in [0.2, 0.25) is 5.91 Å². The number of carboxylic acid groups (broad SMARTS) is 1. The van der Waals surface area contributed by atoms with E-state index in [1.165, 1.54) is 0 Å². The summed E-state index contributed by atoms with van der Waals surface area (Å²) in [7, 11) is 1.77. The van der Waals surface area contributed by atoms with Crippen LogP contribution < -0.4 is 0 Å². The molecule has 1 aliphatic rings. The van der Waals surface area contributed by atoms with E-state index in [-0.39, 0.29) is 17.4 Å². The summed E-state index contributed by atoms with van der Waals surface area (Å²) >= 11 is 0. The van der Waals surface area contributed by atoms with Gasteiger partial charge in [0.15, 0.2) is 0 Å². The van der Waals surface area contributed by atoms with Crippen molar-refractivity contribution in [2.75, 3.05) is 20.3 Å². The predicted octanol–water partition coefficient (Wildman–Crippen LogP) is 1.77. The van der Waals surface area contributed by atoms with Gasteiger partial charge in [-0.1, -0.05) is 12.1 Å². The van der Waals surface area contributed by atoms with Crippen LogP contribution in [-0.4, -0.2) is 42.1 Å². The highest BCUT2D eigenvalue weighted by atomic mass is 16.5. The second kappa shape index (κ2) is 6.52. The maximum absolute atomic E-state index is 12.2. The van der Waals surface area contributed by atoms with Crippen molar-refractivity contribution >= 4 is 11.9 Å². The summed E-state index contributed by atoms with van der Waals surface area (Å²) in [5.41, 5.74) is 1.17. The van der Waals surface area contributed by atoms with Crippen LogP contribution in [0.1, 0.15) is 28.8 Å². The van der Waals surface area contributed by atoms with Crippen LogP contribution in [0.3, 0.4) is 0 Å². The number of hydrogen-bond donors (Lipinski definition) is 1. The number of carbonyl (C=O) groups is 2. The van der Waals surface area contributed by atoms with E-state index >= 15 is 0 Å². The van der Waals surface area contributed by atoms with Gasteiger partial charge in [-0.05, 0) is 30.5 Å². The van der Waals surface area contributed by atoms with E-state index in [9.17, 15) is 9.59 Å². The Bertz CT molecular complexity index is 477. The van der Waals surface area contributed by atoms with Gasteiger partial charge in [0, 0.05) is 20.2 Å². The molecule has 0 aromatic heterocycles. The first-order chi connectivity index (χ1) is 9.58. The highest BCUT2D eigenvalue weighted by Gasteiger charge is 2.24. The number of nitrogens with zero attached hydrogens (tertiary/aromatic N) is 1. The second-order valence-corrected chi connectivity index (χ2v) is 5.11. The number of benzene rings is 1. The maximum Gasteiger partial charge on any atom is 0.335 e. The third-order valence-electron chi connectivity index (χ3n) is 3.51. The Balaban J connectivity index is 1.94. The molecule has 1 saturated heterocycles. The van der Waals surface area contributed by atoms with Crippen molar-refractivity contribution in [3.05, 3.63) is 35.4 Å². The number of hydrogen-bond acceptors (Lipinski definition) is 3. The molecule has 1 aromatic rings. The fourth-order valence-corrected chi connectivity index (χ4v) is 2.35. The lowest BCUT2D eigenvalue weighted by molar-refractivity contribution is -0.138. The Kier molecular flexibility index (Phi) is 4.74. The van der Waals surface area contributed by atoms with Gasteiger partial charge in [0.25, 0.3) is 0 Å². The molecule has 0 radical (unpaired) electrons. The first-order valence-electron chi connectivity index (χ1n) is 6.73. The first-order valence-corrected chi connectivity index (χ1v) is 6.73. The Morgan fingerprint density at radius 3 is 2.60 bits per heavy atom. The van der Waals surface area contributed by atoms with Crippen molar-refractivity contribution in [2.24, 2.45) is 5.92 Å². The van der Waals surface area contributed by atoms with Gasteiger partial charge in [-0.25, -0.2) is 4.79 Å². The maximum atomic E-state index is 12.2. The first kappa shape index (κ1) is 14.5. The van der Waals surface area contributed by atoms with Crippen molar-refractivity contribution in [1.29, 1.82) is 0 Å². The molecule has 0 aliphatic carbocycles. The Morgan fingerprint density at radius 2 is 2.05 bits per heavy atom.